The monoisotopic (exact) mass is 282 g/mol. The molecule has 19 heavy (non-hydrogen) atoms. The van der Waals surface area contributed by atoms with E-state index in [0.717, 1.165) is 0 Å². The van der Waals surface area contributed by atoms with Crippen molar-refractivity contribution in [3.8, 4) is 0 Å². The van der Waals surface area contributed by atoms with Gasteiger partial charge in [0.05, 0.1) is 18.9 Å². The van der Waals surface area contributed by atoms with Crippen LogP contribution in [0.3, 0.4) is 0 Å². The molecule has 2 rings (SSSR count). The summed E-state index contributed by atoms with van der Waals surface area (Å²) in [5.41, 5.74) is 0.384. The highest BCUT2D eigenvalue weighted by atomic mass is 31.2. The van der Waals surface area contributed by atoms with E-state index < -0.39 is 7.60 Å². The first kappa shape index (κ1) is 14.4. The quantitative estimate of drug-likeness (QED) is 0.567. The number of carbonyl (C=O) groups is 1. The van der Waals surface area contributed by atoms with Crippen molar-refractivity contribution in [2.45, 2.75) is 25.9 Å². The molecular weight excluding hydrogens is 263 g/mol. The third kappa shape index (κ3) is 3.14. The fourth-order valence-corrected chi connectivity index (χ4v) is 4.46. The number of Topliss-reactive ketones (excluding diaryl/α,β-unsaturated/α-hetero) is 1. The number of rotatable bonds is 7. The van der Waals surface area contributed by atoms with Crippen LogP contribution in [-0.4, -0.2) is 24.7 Å². The molecule has 0 aliphatic heterocycles. The Morgan fingerprint density at radius 1 is 1.21 bits per heavy atom. The van der Waals surface area contributed by atoms with Crippen LogP contribution in [0, 0.1) is 5.92 Å². The molecule has 0 saturated heterocycles. The first-order chi connectivity index (χ1) is 9.12. The number of ketones is 1. The van der Waals surface area contributed by atoms with E-state index in [1.807, 2.05) is 18.2 Å². The van der Waals surface area contributed by atoms with Gasteiger partial charge >= 0.3 is 7.60 Å². The minimum Gasteiger partial charge on any atom is -0.309 e. The van der Waals surface area contributed by atoms with Crippen LogP contribution >= 0.6 is 7.60 Å². The summed E-state index contributed by atoms with van der Waals surface area (Å²) in [6.45, 7) is 4.23. The molecule has 104 valence electrons. The smallest absolute Gasteiger partial charge is 0.309 e. The van der Waals surface area contributed by atoms with Crippen molar-refractivity contribution in [2.24, 2.45) is 5.92 Å². The van der Waals surface area contributed by atoms with E-state index in [0.29, 0.717) is 25.2 Å². The predicted octanol–water partition coefficient (Wildman–Crippen LogP) is 3.52. The topological polar surface area (TPSA) is 52.6 Å². The molecule has 1 aromatic rings. The second-order valence-corrected chi connectivity index (χ2v) is 6.77. The summed E-state index contributed by atoms with van der Waals surface area (Å²) in [6, 6.07) is 9.09. The van der Waals surface area contributed by atoms with Gasteiger partial charge in [0.1, 0.15) is 0 Å². The molecule has 4 nitrogen and oxygen atoms in total. The molecule has 0 aromatic heterocycles. The number of hydrogen-bond acceptors (Lipinski definition) is 4. The van der Waals surface area contributed by atoms with Crippen molar-refractivity contribution in [3.05, 3.63) is 35.9 Å². The second kappa shape index (κ2) is 6.00. The van der Waals surface area contributed by atoms with E-state index >= 15 is 0 Å². The van der Waals surface area contributed by atoms with Gasteiger partial charge < -0.3 is 9.05 Å². The standard InChI is InChI=1S/C14H19O4P/c1-3-17-19(16,18-4-2)13-10-12(13)14(15)11-8-6-5-7-9-11/h5-9,12-13H,3-4,10H2,1-2H3/t12-,13-/m1/s1. The molecule has 0 amide bonds. The largest absolute Gasteiger partial charge is 0.334 e. The van der Waals surface area contributed by atoms with Gasteiger partial charge in [0.25, 0.3) is 0 Å². The van der Waals surface area contributed by atoms with Crippen molar-refractivity contribution in [2.75, 3.05) is 13.2 Å². The summed E-state index contributed by atoms with van der Waals surface area (Å²) in [5, 5.41) is 0. The molecule has 5 heteroatoms. The van der Waals surface area contributed by atoms with Crippen LogP contribution in [0.2, 0.25) is 0 Å². The predicted molar refractivity (Wildman–Crippen MR) is 73.5 cm³/mol. The Hall–Kier alpha value is -0.960. The summed E-state index contributed by atoms with van der Waals surface area (Å²) in [7, 11) is -3.13. The number of carbonyl (C=O) groups excluding carboxylic acids is 1. The zero-order valence-corrected chi connectivity index (χ0v) is 12.1. The molecule has 0 spiro atoms. The molecule has 0 heterocycles. The normalized spacial score (nSPS) is 22.2. The lowest BCUT2D eigenvalue weighted by molar-refractivity contribution is 0.0965. The third-order valence-electron chi connectivity index (χ3n) is 3.18. The van der Waals surface area contributed by atoms with E-state index in [2.05, 4.69) is 0 Å². The summed E-state index contributed by atoms with van der Waals surface area (Å²) in [5.74, 6) is -0.198. The van der Waals surface area contributed by atoms with Gasteiger partial charge in [-0.1, -0.05) is 30.3 Å². The average molecular weight is 282 g/mol. The molecule has 1 fully saturated rings. The third-order valence-corrected chi connectivity index (χ3v) is 5.80. The lowest BCUT2D eigenvalue weighted by Crippen LogP contribution is -2.08. The van der Waals surface area contributed by atoms with Gasteiger partial charge in [-0.3, -0.25) is 9.36 Å². The van der Waals surface area contributed by atoms with Gasteiger partial charge in [0, 0.05) is 11.5 Å². The molecular formula is C14H19O4P. The van der Waals surface area contributed by atoms with E-state index in [4.69, 9.17) is 9.05 Å². The minimum atomic E-state index is -3.13. The first-order valence-electron chi connectivity index (χ1n) is 6.60. The van der Waals surface area contributed by atoms with Gasteiger partial charge in [-0.05, 0) is 20.3 Å². The summed E-state index contributed by atoms with van der Waals surface area (Å²) in [4.78, 5) is 12.2. The summed E-state index contributed by atoms with van der Waals surface area (Å²) in [6.07, 6.45) is 0.588. The van der Waals surface area contributed by atoms with Crippen LogP contribution < -0.4 is 0 Å². The molecule has 0 unspecified atom stereocenters. The van der Waals surface area contributed by atoms with E-state index in [1.165, 1.54) is 0 Å². The molecule has 2 atom stereocenters. The number of benzene rings is 1. The van der Waals surface area contributed by atoms with E-state index in [1.54, 1.807) is 26.0 Å². The van der Waals surface area contributed by atoms with Gasteiger partial charge in [-0.2, -0.15) is 0 Å². The van der Waals surface area contributed by atoms with Crippen LogP contribution in [0.5, 0.6) is 0 Å². The lowest BCUT2D eigenvalue weighted by atomic mass is 10.1. The molecule has 0 bridgehead atoms. The fourth-order valence-electron chi connectivity index (χ4n) is 2.22. The maximum Gasteiger partial charge on any atom is 0.334 e. The Labute approximate surface area is 113 Å². The van der Waals surface area contributed by atoms with Crippen LogP contribution in [-0.2, 0) is 13.6 Å². The fraction of sp³-hybridized carbons (Fsp3) is 0.500. The van der Waals surface area contributed by atoms with Crippen molar-refractivity contribution < 1.29 is 18.4 Å². The van der Waals surface area contributed by atoms with E-state index in [-0.39, 0.29) is 17.4 Å². The zero-order chi connectivity index (χ0) is 13.9. The van der Waals surface area contributed by atoms with Crippen molar-refractivity contribution in [1.29, 1.82) is 0 Å². The Morgan fingerprint density at radius 2 is 1.79 bits per heavy atom. The Kier molecular flexibility index (Phi) is 4.56. The lowest BCUT2D eigenvalue weighted by Gasteiger charge is -2.16. The van der Waals surface area contributed by atoms with Crippen molar-refractivity contribution >= 4 is 13.4 Å². The molecule has 1 saturated carbocycles. The van der Waals surface area contributed by atoms with Crippen LogP contribution in [0.15, 0.2) is 30.3 Å². The average Bonchev–Trinajstić information content (AvgIpc) is 3.20. The molecule has 1 aliphatic carbocycles. The van der Waals surface area contributed by atoms with Crippen molar-refractivity contribution in [3.63, 3.8) is 0 Å². The molecule has 1 aromatic carbocycles. The summed E-state index contributed by atoms with van der Waals surface area (Å²) < 4.78 is 23.1. The highest BCUT2D eigenvalue weighted by Gasteiger charge is 2.56. The highest BCUT2D eigenvalue weighted by molar-refractivity contribution is 7.55. The van der Waals surface area contributed by atoms with Gasteiger partial charge in [0.2, 0.25) is 0 Å². The van der Waals surface area contributed by atoms with Gasteiger partial charge in [0.15, 0.2) is 5.78 Å². The maximum absolute atomic E-state index is 12.5. The van der Waals surface area contributed by atoms with Crippen LogP contribution in [0.4, 0.5) is 0 Å². The van der Waals surface area contributed by atoms with Crippen molar-refractivity contribution in [1.82, 2.24) is 0 Å². The van der Waals surface area contributed by atoms with Crippen LogP contribution in [0.1, 0.15) is 30.6 Å². The zero-order valence-electron chi connectivity index (χ0n) is 11.2. The van der Waals surface area contributed by atoms with Gasteiger partial charge in [-0.15, -0.1) is 0 Å². The number of hydrogen-bond donors (Lipinski definition) is 0. The maximum atomic E-state index is 12.5. The van der Waals surface area contributed by atoms with Gasteiger partial charge in [-0.25, -0.2) is 0 Å². The molecule has 0 N–H and O–H groups in total. The molecule has 0 radical (unpaired) electrons. The highest BCUT2D eigenvalue weighted by Crippen LogP contribution is 2.65. The minimum absolute atomic E-state index is 0.0326. The first-order valence-corrected chi connectivity index (χ1v) is 8.21. The van der Waals surface area contributed by atoms with Crippen LogP contribution in [0.25, 0.3) is 0 Å². The SMILES string of the molecule is CCOP(=O)(OCC)[C@@H]1C[C@H]1C(=O)c1ccccc1. The summed E-state index contributed by atoms with van der Waals surface area (Å²) >= 11 is 0. The molecule has 1 aliphatic rings. The second-order valence-electron chi connectivity index (χ2n) is 4.52. The Bertz CT molecular complexity index is 475. The Morgan fingerprint density at radius 3 is 2.32 bits per heavy atom. The van der Waals surface area contributed by atoms with E-state index in [9.17, 15) is 9.36 Å². The Balaban J connectivity index is 2.07.